The van der Waals surface area contributed by atoms with Crippen molar-refractivity contribution in [2.75, 3.05) is 5.88 Å². The summed E-state index contributed by atoms with van der Waals surface area (Å²) >= 11 is 15.0. The van der Waals surface area contributed by atoms with Gasteiger partial charge in [-0.3, -0.25) is 0 Å². The van der Waals surface area contributed by atoms with Crippen LogP contribution in [0.2, 0.25) is 5.02 Å². The number of aliphatic hydroxyl groups is 1. The summed E-state index contributed by atoms with van der Waals surface area (Å²) in [4.78, 5) is 0. The highest BCUT2D eigenvalue weighted by molar-refractivity contribution is 9.10. The smallest absolute Gasteiger partial charge is 0.165 e. The van der Waals surface area contributed by atoms with E-state index in [-0.39, 0.29) is 5.88 Å². The molecule has 0 aliphatic carbocycles. The topological polar surface area (TPSA) is 20.2 Å². The van der Waals surface area contributed by atoms with E-state index in [0.717, 1.165) is 4.47 Å². The first-order valence-corrected chi connectivity index (χ1v) is 5.92. The summed E-state index contributed by atoms with van der Waals surface area (Å²) in [6.07, 6.45) is 0. The molecule has 0 amide bonds. The molecule has 1 N–H and O–H groups in total. The fourth-order valence-electron chi connectivity index (χ4n) is 1.20. The van der Waals surface area contributed by atoms with Crippen LogP contribution in [0.25, 0.3) is 0 Å². The first-order valence-electron chi connectivity index (χ1n) is 4.21. The molecule has 0 heterocycles. The second-order valence-electron chi connectivity index (χ2n) is 2.99. The van der Waals surface area contributed by atoms with Crippen molar-refractivity contribution in [3.63, 3.8) is 0 Å². The van der Waals surface area contributed by atoms with Crippen LogP contribution in [0.5, 0.6) is 0 Å². The molecule has 15 heavy (non-hydrogen) atoms. The zero-order valence-electron chi connectivity index (χ0n) is 8.02. The Kier molecular flexibility index (Phi) is 4.48. The third kappa shape index (κ3) is 2.89. The van der Waals surface area contributed by atoms with E-state index in [1.807, 2.05) is 0 Å². The lowest BCUT2D eigenvalue weighted by Crippen LogP contribution is -2.26. The van der Waals surface area contributed by atoms with Crippen molar-refractivity contribution in [3.05, 3.63) is 33.3 Å². The van der Waals surface area contributed by atoms with Gasteiger partial charge in [-0.25, -0.2) is 0 Å². The summed E-state index contributed by atoms with van der Waals surface area (Å²) < 4.78 is 0.845. The predicted octanol–water partition coefficient (Wildman–Crippen LogP) is 3.55. The number of halogens is 3. The Morgan fingerprint density at radius 3 is 2.67 bits per heavy atom. The van der Waals surface area contributed by atoms with Gasteiger partial charge in [0.2, 0.25) is 0 Å². The van der Waals surface area contributed by atoms with Crippen LogP contribution in [-0.2, 0) is 5.60 Å². The highest BCUT2D eigenvalue weighted by atomic mass is 79.9. The molecule has 1 atom stereocenters. The average Bonchev–Trinajstić information content (AvgIpc) is 2.17. The Bertz CT molecular complexity index is 422. The molecular weight excluding hydrogens is 299 g/mol. The normalized spacial score (nSPS) is 13.9. The SMILES string of the molecule is CC#C[C@@](O)(CCl)c1ccc(Br)cc1Cl. The van der Waals surface area contributed by atoms with Crippen molar-refractivity contribution < 1.29 is 5.11 Å². The molecule has 0 fully saturated rings. The molecule has 0 radical (unpaired) electrons. The van der Waals surface area contributed by atoms with Crippen LogP contribution in [0.4, 0.5) is 0 Å². The van der Waals surface area contributed by atoms with Crippen molar-refractivity contribution >= 4 is 39.1 Å². The van der Waals surface area contributed by atoms with Gasteiger partial charge in [0.15, 0.2) is 5.60 Å². The fourth-order valence-corrected chi connectivity index (χ4v) is 2.24. The zero-order chi connectivity index (χ0) is 11.5. The van der Waals surface area contributed by atoms with Crippen molar-refractivity contribution in [2.24, 2.45) is 0 Å². The number of benzene rings is 1. The summed E-state index contributed by atoms with van der Waals surface area (Å²) in [6.45, 7) is 1.64. The maximum Gasteiger partial charge on any atom is 0.165 e. The first kappa shape index (κ1) is 12.9. The average molecular weight is 308 g/mol. The monoisotopic (exact) mass is 306 g/mol. The predicted molar refractivity (Wildman–Crippen MR) is 67.2 cm³/mol. The summed E-state index contributed by atoms with van der Waals surface area (Å²) in [5, 5.41) is 10.6. The molecule has 4 heteroatoms. The van der Waals surface area contributed by atoms with Crippen molar-refractivity contribution in [3.8, 4) is 11.8 Å². The van der Waals surface area contributed by atoms with Gasteiger partial charge >= 0.3 is 0 Å². The van der Waals surface area contributed by atoms with E-state index in [1.54, 1.807) is 25.1 Å². The van der Waals surface area contributed by atoms with E-state index in [4.69, 9.17) is 23.2 Å². The van der Waals surface area contributed by atoms with Crippen molar-refractivity contribution in [1.82, 2.24) is 0 Å². The second kappa shape index (κ2) is 5.23. The van der Waals surface area contributed by atoms with Gasteiger partial charge in [0, 0.05) is 15.1 Å². The van der Waals surface area contributed by atoms with Gasteiger partial charge in [0.05, 0.1) is 5.88 Å². The van der Waals surface area contributed by atoms with Crippen LogP contribution < -0.4 is 0 Å². The molecule has 0 bridgehead atoms. The van der Waals surface area contributed by atoms with Gasteiger partial charge in [-0.15, -0.1) is 17.5 Å². The quantitative estimate of drug-likeness (QED) is 0.654. The van der Waals surface area contributed by atoms with Gasteiger partial charge in [-0.1, -0.05) is 39.5 Å². The Hall–Kier alpha value is -0.200. The molecule has 1 aromatic rings. The van der Waals surface area contributed by atoms with E-state index < -0.39 is 5.60 Å². The molecule has 0 unspecified atom stereocenters. The third-order valence-corrected chi connectivity index (χ3v) is 3.09. The number of alkyl halides is 1. The lowest BCUT2D eigenvalue weighted by atomic mass is 9.96. The van der Waals surface area contributed by atoms with Crippen LogP contribution in [-0.4, -0.2) is 11.0 Å². The van der Waals surface area contributed by atoms with Gasteiger partial charge < -0.3 is 5.11 Å². The molecule has 1 aromatic carbocycles. The number of hydrogen-bond donors (Lipinski definition) is 1. The lowest BCUT2D eigenvalue weighted by Gasteiger charge is -2.21. The van der Waals surface area contributed by atoms with E-state index >= 15 is 0 Å². The Morgan fingerprint density at radius 2 is 2.20 bits per heavy atom. The third-order valence-electron chi connectivity index (χ3n) is 1.90. The van der Waals surface area contributed by atoms with E-state index in [1.165, 1.54) is 0 Å². The highest BCUT2D eigenvalue weighted by Crippen LogP contribution is 2.31. The van der Waals surface area contributed by atoms with Crippen molar-refractivity contribution in [1.29, 1.82) is 0 Å². The van der Waals surface area contributed by atoms with Crippen LogP contribution in [0.15, 0.2) is 22.7 Å². The van der Waals surface area contributed by atoms with E-state index in [2.05, 4.69) is 27.8 Å². The molecule has 0 saturated carbocycles. The van der Waals surface area contributed by atoms with Crippen LogP contribution in [0.3, 0.4) is 0 Å². The van der Waals surface area contributed by atoms with Crippen molar-refractivity contribution in [2.45, 2.75) is 12.5 Å². The van der Waals surface area contributed by atoms with E-state index in [0.29, 0.717) is 10.6 Å². The first-order chi connectivity index (χ1) is 7.03. The van der Waals surface area contributed by atoms with Crippen LogP contribution in [0, 0.1) is 11.8 Å². The fraction of sp³-hybridized carbons (Fsp3) is 0.273. The summed E-state index contributed by atoms with van der Waals surface area (Å²) in [5.74, 6) is 5.29. The molecular formula is C11H9BrCl2O. The number of rotatable bonds is 2. The molecule has 80 valence electrons. The zero-order valence-corrected chi connectivity index (χ0v) is 11.1. The molecule has 0 aromatic heterocycles. The summed E-state index contributed by atoms with van der Waals surface area (Å²) in [6, 6.07) is 5.20. The van der Waals surface area contributed by atoms with Gasteiger partial charge in [-0.05, 0) is 19.1 Å². The van der Waals surface area contributed by atoms with Gasteiger partial charge in [-0.2, -0.15) is 0 Å². The van der Waals surface area contributed by atoms with Gasteiger partial charge in [0.1, 0.15) is 0 Å². The Morgan fingerprint density at radius 1 is 1.53 bits per heavy atom. The summed E-state index contributed by atoms with van der Waals surface area (Å²) in [7, 11) is 0. The van der Waals surface area contributed by atoms with E-state index in [9.17, 15) is 5.11 Å². The minimum atomic E-state index is -1.38. The standard InChI is InChI=1S/C11H9BrCl2O/c1-2-5-11(15,7-13)9-4-3-8(12)6-10(9)14/h3-4,6,15H,7H2,1H3/t11-/m1/s1. The molecule has 0 saturated heterocycles. The molecule has 0 aliphatic heterocycles. The maximum atomic E-state index is 10.2. The van der Waals surface area contributed by atoms with Crippen LogP contribution >= 0.6 is 39.1 Å². The van der Waals surface area contributed by atoms with Gasteiger partial charge in [0.25, 0.3) is 0 Å². The minimum absolute atomic E-state index is 0.0187. The minimum Gasteiger partial charge on any atom is -0.372 e. The lowest BCUT2D eigenvalue weighted by molar-refractivity contribution is 0.126. The summed E-state index contributed by atoms with van der Waals surface area (Å²) in [5.41, 5.74) is -0.856. The molecule has 1 nitrogen and oxygen atoms in total. The maximum absolute atomic E-state index is 10.2. The number of hydrogen-bond acceptors (Lipinski definition) is 1. The highest BCUT2D eigenvalue weighted by Gasteiger charge is 2.28. The molecule has 1 rings (SSSR count). The Balaban J connectivity index is 3.28. The molecule has 0 aliphatic rings. The second-order valence-corrected chi connectivity index (χ2v) is 4.58. The molecule has 0 spiro atoms. The Labute approximate surface area is 108 Å². The van der Waals surface area contributed by atoms with Crippen LogP contribution in [0.1, 0.15) is 12.5 Å². The largest absolute Gasteiger partial charge is 0.372 e.